The molecule has 9 heteroatoms. The number of carbonyl (C=O) groups is 1. The van der Waals surface area contributed by atoms with E-state index in [2.05, 4.69) is 25.5 Å². The normalized spacial score (nSPS) is 12.1. The van der Waals surface area contributed by atoms with Crippen LogP contribution in [0, 0.1) is 6.92 Å². The van der Waals surface area contributed by atoms with Gasteiger partial charge < -0.3 is 10.3 Å². The molecule has 0 saturated carbocycles. The molecule has 0 aliphatic carbocycles. The van der Waals surface area contributed by atoms with Gasteiger partial charge in [0, 0.05) is 18.8 Å². The van der Waals surface area contributed by atoms with Crippen molar-refractivity contribution < 1.29 is 4.79 Å². The van der Waals surface area contributed by atoms with Crippen LogP contribution in [0.4, 0.5) is 0 Å². The number of amides is 1. The summed E-state index contributed by atoms with van der Waals surface area (Å²) in [5.41, 5.74) is -0.794. The topological polar surface area (TPSA) is 126 Å². The van der Waals surface area contributed by atoms with Gasteiger partial charge in [0.2, 0.25) is 5.91 Å². The van der Waals surface area contributed by atoms with E-state index >= 15 is 0 Å². The van der Waals surface area contributed by atoms with Gasteiger partial charge in [-0.2, -0.15) is 5.10 Å². The Labute approximate surface area is 119 Å². The van der Waals surface area contributed by atoms with Gasteiger partial charge in [-0.3, -0.25) is 19.3 Å². The third-order valence-electron chi connectivity index (χ3n) is 2.98. The number of nitrogens with one attached hydrogen (secondary N) is 3. The number of aromatic amines is 2. The van der Waals surface area contributed by atoms with Gasteiger partial charge in [-0.1, -0.05) is 0 Å². The summed E-state index contributed by atoms with van der Waals surface area (Å²) >= 11 is 0. The fourth-order valence-electron chi connectivity index (χ4n) is 1.83. The summed E-state index contributed by atoms with van der Waals surface area (Å²) in [4.78, 5) is 41.5. The second-order valence-corrected chi connectivity index (χ2v) is 4.73. The van der Waals surface area contributed by atoms with Crippen molar-refractivity contribution in [2.75, 3.05) is 0 Å². The third kappa shape index (κ3) is 3.25. The van der Waals surface area contributed by atoms with Gasteiger partial charge in [0.05, 0.1) is 12.5 Å². The molecule has 9 nitrogen and oxygen atoms in total. The lowest BCUT2D eigenvalue weighted by molar-refractivity contribution is -0.121. The standard InChI is InChI=1S/C12H16N6O3/c1-6(10-15-7(2)16-17-10)14-9(19)4-8-5-13-12(21)18(3)11(8)20/h5-6H,4H2,1-3H3,(H,13,21)(H,14,19)(H,15,16,17)/t6-/m1/s1. The lowest BCUT2D eigenvalue weighted by Gasteiger charge is -2.10. The molecule has 2 aromatic heterocycles. The SMILES string of the molecule is Cc1nc([C@@H](C)NC(=O)Cc2c[nH]c(=O)n(C)c2=O)n[nH]1. The maximum Gasteiger partial charge on any atom is 0.328 e. The Morgan fingerprint density at radius 3 is 2.81 bits per heavy atom. The van der Waals surface area contributed by atoms with Crippen LogP contribution in [-0.2, 0) is 18.3 Å². The number of nitrogens with zero attached hydrogens (tertiary/aromatic N) is 3. The summed E-state index contributed by atoms with van der Waals surface area (Å²) < 4.78 is 0.921. The average molecular weight is 292 g/mol. The highest BCUT2D eigenvalue weighted by atomic mass is 16.2. The molecular formula is C12H16N6O3. The van der Waals surface area contributed by atoms with Crippen LogP contribution >= 0.6 is 0 Å². The van der Waals surface area contributed by atoms with E-state index in [1.165, 1.54) is 13.2 Å². The molecule has 2 rings (SSSR count). The highest BCUT2D eigenvalue weighted by Gasteiger charge is 2.15. The summed E-state index contributed by atoms with van der Waals surface area (Å²) in [5.74, 6) is 0.768. The highest BCUT2D eigenvalue weighted by molar-refractivity contribution is 5.78. The van der Waals surface area contributed by atoms with Crippen molar-refractivity contribution in [2.45, 2.75) is 26.3 Å². The van der Waals surface area contributed by atoms with E-state index in [9.17, 15) is 14.4 Å². The number of aryl methyl sites for hydroxylation is 1. The first kappa shape index (κ1) is 14.7. The van der Waals surface area contributed by atoms with Crippen molar-refractivity contribution in [1.29, 1.82) is 0 Å². The summed E-state index contributed by atoms with van der Waals surface area (Å²) in [7, 11) is 1.35. The maximum atomic E-state index is 11.9. The smallest absolute Gasteiger partial charge is 0.328 e. The van der Waals surface area contributed by atoms with Crippen molar-refractivity contribution >= 4 is 5.91 Å². The van der Waals surface area contributed by atoms with Crippen molar-refractivity contribution in [1.82, 2.24) is 30.0 Å². The molecule has 2 aromatic rings. The molecule has 0 aliphatic rings. The van der Waals surface area contributed by atoms with Crippen molar-refractivity contribution in [2.24, 2.45) is 7.05 Å². The molecule has 0 radical (unpaired) electrons. The first-order valence-electron chi connectivity index (χ1n) is 6.34. The van der Waals surface area contributed by atoms with Crippen LogP contribution < -0.4 is 16.6 Å². The Morgan fingerprint density at radius 1 is 1.48 bits per heavy atom. The van der Waals surface area contributed by atoms with E-state index in [1.807, 2.05) is 0 Å². The Balaban J connectivity index is 2.07. The predicted molar refractivity (Wildman–Crippen MR) is 73.7 cm³/mol. The van der Waals surface area contributed by atoms with Crippen LogP contribution in [0.3, 0.4) is 0 Å². The fraction of sp³-hybridized carbons (Fsp3) is 0.417. The number of rotatable bonds is 4. The van der Waals surface area contributed by atoms with Crippen LogP contribution in [0.1, 0.15) is 30.2 Å². The Kier molecular flexibility index (Phi) is 4.01. The van der Waals surface area contributed by atoms with E-state index < -0.39 is 11.2 Å². The van der Waals surface area contributed by atoms with Crippen LogP contribution in [0.25, 0.3) is 0 Å². The Morgan fingerprint density at radius 2 is 2.19 bits per heavy atom. The number of carbonyl (C=O) groups excluding carboxylic acids is 1. The second kappa shape index (κ2) is 5.73. The van der Waals surface area contributed by atoms with Gasteiger partial charge in [0.1, 0.15) is 5.82 Å². The van der Waals surface area contributed by atoms with Gasteiger partial charge in [-0.25, -0.2) is 9.78 Å². The van der Waals surface area contributed by atoms with Gasteiger partial charge in [-0.05, 0) is 13.8 Å². The van der Waals surface area contributed by atoms with Crippen molar-refractivity contribution in [3.8, 4) is 0 Å². The summed E-state index contributed by atoms with van der Waals surface area (Å²) in [5, 5.41) is 9.34. The predicted octanol–water partition coefficient (Wildman–Crippen LogP) is -1.08. The molecule has 1 atom stereocenters. The van der Waals surface area contributed by atoms with E-state index in [-0.39, 0.29) is 23.9 Å². The fourth-order valence-corrected chi connectivity index (χ4v) is 1.83. The molecule has 1 amide bonds. The lowest BCUT2D eigenvalue weighted by atomic mass is 10.2. The largest absolute Gasteiger partial charge is 0.346 e. The molecule has 2 heterocycles. The minimum absolute atomic E-state index is 0.128. The maximum absolute atomic E-state index is 11.9. The molecule has 0 aliphatic heterocycles. The number of hydrogen-bond donors (Lipinski definition) is 3. The molecule has 0 saturated heterocycles. The molecule has 0 aromatic carbocycles. The van der Waals surface area contributed by atoms with E-state index in [1.54, 1.807) is 13.8 Å². The molecule has 0 unspecified atom stereocenters. The van der Waals surface area contributed by atoms with E-state index in [0.29, 0.717) is 11.6 Å². The number of hydrogen-bond acceptors (Lipinski definition) is 5. The first-order chi connectivity index (χ1) is 9.88. The zero-order valence-corrected chi connectivity index (χ0v) is 11.9. The van der Waals surface area contributed by atoms with Crippen LogP contribution in [-0.4, -0.2) is 30.6 Å². The summed E-state index contributed by atoms with van der Waals surface area (Å²) in [6.45, 7) is 3.50. The Bertz CT molecular complexity index is 772. The minimum atomic E-state index is -0.520. The molecule has 3 N–H and O–H groups in total. The number of aromatic nitrogens is 5. The molecule has 0 fully saturated rings. The summed E-state index contributed by atoms with van der Waals surface area (Å²) in [6.07, 6.45) is 1.13. The zero-order valence-electron chi connectivity index (χ0n) is 11.9. The minimum Gasteiger partial charge on any atom is -0.346 e. The molecule has 112 valence electrons. The van der Waals surface area contributed by atoms with Crippen LogP contribution in [0.2, 0.25) is 0 Å². The van der Waals surface area contributed by atoms with E-state index in [4.69, 9.17) is 0 Å². The zero-order chi connectivity index (χ0) is 15.6. The monoisotopic (exact) mass is 292 g/mol. The molecule has 0 bridgehead atoms. The van der Waals surface area contributed by atoms with Crippen molar-refractivity contribution in [3.05, 3.63) is 44.2 Å². The first-order valence-corrected chi connectivity index (χ1v) is 6.34. The highest BCUT2D eigenvalue weighted by Crippen LogP contribution is 2.05. The third-order valence-corrected chi connectivity index (χ3v) is 2.98. The van der Waals surface area contributed by atoms with Gasteiger partial charge >= 0.3 is 5.69 Å². The van der Waals surface area contributed by atoms with Gasteiger partial charge in [0.25, 0.3) is 5.56 Å². The van der Waals surface area contributed by atoms with Gasteiger partial charge in [0.15, 0.2) is 5.82 Å². The van der Waals surface area contributed by atoms with Crippen LogP contribution in [0.15, 0.2) is 15.8 Å². The van der Waals surface area contributed by atoms with Crippen LogP contribution in [0.5, 0.6) is 0 Å². The van der Waals surface area contributed by atoms with Crippen molar-refractivity contribution in [3.63, 3.8) is 0 Å². The van der Waals surface area contributed by atoms with E-state index in [0.717, 1.165) is 4.57 Å². The summed E-state index contributed by atoms with van der Waals surface area (Å²) in [6, 6.07) is -0.380. The van der Waals surface area contributed by atoms with Gasteiger partial charge in [-0.15, -0.1) is 0 Å². The quantitative estimate of drug-likeness (QED) is 0.661. The second-order valence-electron chi connectivity index (χ2n) is 4.73. The molecule has 21 heavy (non-hydrogen) atoms. The number of H-pyrrole nitrogens is 2. The average Bonchev–Trinajstić information content (AvgIpc) is 2.86. The molecular weight excluding hydrogens is 276 g/mol. The Hall–Kier alpha value is -2.71. The molecule has 0 spiro atoms. The lowest BCUT2D eigenvalue weighted by Crippen LogP contribution is -2.37.